The zero-order valence-corrected chi connectivity index (χ0v) is 20.9. The molecule has 5 rings (SSSR count). The van der Waals surface area contributed by atoms with Crippen LogP contribution in [0.3, 0.4) is 0 Å². The highest BCUT2D eigenvalue weighted by Crippen LogP contribution is 2.34. The summed E-state index contributed by atoms with van der Waals surface area (Å²) in [7, 11) is 1.64. The predicted octanol–water partition coefficient (Wildman–Crippen LogP) is 5.75. The number of nitrogens with one attached hydrogen (secondary N) is 1. The van der Waals surface area contributed by atoms with E-state index in [1.807, 2.05) is 66.7 Å². The summed E-state index contributed by atoms with van der Waals surface area (Å²) in [5.41, 5.74) is 1.74. The second-order valence-electron chi connectivity index (χ2n) is 8.69. The summed E-state index contributed by atoms with van der Waals surface area (Å²) < 4.78 is 10.7. The molecule has 1 saturated heterocycles. The fourth-order valence-electron chi connectivity index (χ4n) is 4.23. The molecular formula is C28H28N4O3S. The van der Waals surface area contributed by atoms with E-state index in [0.717, 1.165) is 52.7 Å². The van der Waals surface area contributed by atoms with Crippen molar-refractivity contribution >= 4 is 23.4 Å². The van der Waals surface area contributed by atoms with Crippen LogP contribution >= 0.6 is 11.8 Å². The lowest BCUT2D eigenvalue weighted by Gasteiger charge is -2.30. The summed E-state index contributed by atoms with van der Waals surface area (Å²) in [5, 5.41) is 7.28. The quantitative estimate of drug-likeness (QED) is 0.330. The highest BCUT2D eigenvalue weighted by atomic mass is 32.2. The van der Waals surface area contributed by atoms with Crippen LogP contribution in [-0.2, 0) is 11.3 Å². The maximum atomic E-state index is 13.1. The lowest BCUT2D eigenvalue weighted by atomic mass is 9.96. The van der Waals surface area contributed by atoms with Crippen molar-refractivity contribution in [3.8, 4) is 17.1 Å². The Labute approximate surface area is 214 Å². The fraction of sp³-hybridized carbons (Fsp3) is 0.250. The Kier molecular flexibility index (Phi) is 7.64. The normalized spacial score (nSPS) is 14.5. The highest BCUT2D eigenvalue weighted by Gasteiger charge is 2.26. The summed E-state index contributed by atoms with van der Waals surface area (Å²) in [6.07, 6.45) is 1.58. The minimum absolute atomic E-state index is 0.0198. The Morgan fingerprint density at radius 3 is 2.50 bits per heavy atom. The van der Waals surface area contributed by atoms with Gasteiger partial charge in [0.25, 0.3) is 0 Å². The van der Waals surface area contributed by atoms with Gasteiger partial charge in [-0.3, -0.25) is 9.69 Å². The molecule has 0 bridgehead atoms. The third-order valence-corrected chi connectivity index (χ3v) is 7.33. The molecule has 7 nitrogen and oxygen atoms in total. The Hall–Kier alpha value is -3.62. The van der Waals surface area contributed by atoms with Crippen molar-refractivity contribution in [2.24, 2.45) is 5.92 Å². The smallest absolute Gasteiger partial charge is 0.241 e. The first-order valence-electron chi connectivity index (χ1n) is 12.0. The molecule has 3 aromatic carbocycles. The number of anilines is 1. The van der Waals surface area contributed by atoms with Gasteiger partial charge in [-0.1, -0.05) is 47.3 Å². The van der Waals surface area contributed by atoms with E-state index in [4.69, 9.17) is 9.26 Å². The number of carbonyl (C=O) groups excluding carboxylic acids is 1. The van der Waals surface area contributed by atoms with E-state index in [9.17, 15) is 4.79 Å². The molecule has 4 aromatic rings. The van der Waals surface area contributed by atoms with Crippen LogP contribution in [0.2, 0.25) is 0 Å². The Morgan fingerprint density at radius 1 is 1.03 bits per heavy atom. The molecule has 1 N–H and O–H groups in total. The lowest BCUT2D eigenvalue weighted by molar-refractivity contribution is -0.121. The second-order valence-corrected chi connectivity index (χ2v) is 9.81. The maximum absolute atomic E-state index is 13.1. The first-order chi connectivity index (χ1) is 17.7. The summed E-state index contributed by atoms with van der Waals surface area (Å²) in [4.78, 5) is 22.0. The number of amides is 1. The third-order valence-electron chi connectivity index (χ3n) is 6.25. The summed E-state index contributed by atoms with van der Waals surface area (Å²) in [5.74, 6) is 1.99. The largest absolute Gasteiger partial charge is 0.497 e. The fourth-order valence-corrected chi connectivity index (χ4v) is 5.15. The highest BCUT2D eigenvalue weighted by molar-refractivity contribution is 7.99. The van der Waals surface area contributed by atoms with Gasteiger partial charge in [0.1, 0.15) is 5.75 Å². The summed E-state index contributed by atoms with van der Waals surface area (Å²) >= 11 is 1.65. The molecule has 0 unspecified atom stereocenters. The van der Waals surface area contributed by atoms with Gasteiger partial charge in [-0.15, -0.1) is 0 Å². The van der Waals surface area contributed by atoms with Crippen LogP contribution in [0.15, 0.2) is 93.2 Å². The zero-order valence-electron chi connectivity index (χ0n) is 20.1. The van der Waals surface area contributed by atoms with E-state index >= 15 is 0 Å². The molecule has 0 spiro atoms. The van der Waals surface area contributed by atoms with E-state index < -0.39 is 0 Å². The van der Waals surface area contributed by atoms with E-state index in [0.29, 0.717) is 18.3 Å². The van der Waals surface area contributed by atoms with Gasteiger partial charge >= 0.3 is 0 Å². The minimum atomic E-state index is -0.0198. The Bertz CT molecular complexity index is 1290. The summed E-state index contributed by atoms with van der Waals surface area (Å²) in [6, 6.07) is 25.7. The number of para-hydroxylation sites is 1. The number of likely N-dealkylation sites (tertiary alicyclic amines) is 1. The van der Waals surface area contributed by atoms with Gasteiger partial charge in [0, 0.05) is 21.3 Å². The molecule has 0 saturated carbocycles. The average molecular weight is 501 g/mol. The van der Waals surface area contributed by atoms with Crippen LogP contribution < -0.4 is 10.1 Å². The van der Waals surface area contributed by atoms with Gasteiger partial charge in [-0.2, -0.15) is 4.98 Å². The van der Waals surface area contributed by atoms with Gasteiger partial charge in [0.05, 0.1) is 19.3 Å². The van der Waals surface area contributed by atoms with E-state index in [-0.39, 0.29) is 11.8 Å². The van der Waals surface area contributed by atoms with Gasteiger partial charge in [-0.25, -0.2) is 0 Å². The van der Waals surface area contributed by atoms with Crippen LogP contribution in [0.25, 0.3) is 11.4 Å². The molecule has 8 heteroatoms. The van der Waals surface area contributed by atoms with Crippen molar-refractivity contribution in [1.29, 1.82) is 0 Å². The SMILES string of the molecule is COc1ccc(-c2noc(CN3CCC(C(=O)Nc4ccccc4Sc4ccccc4)CC3)n2)cc1. The first-order valence-corrected chi connectivity index (χ1v) is 12.8. The van der Waals surface area contributed by atoms with E-state index in [1.54, 1.807) is 18.9 Å². The van der Waals surface area contributed by atoms with Crippen molar-refractivity contribution in [2.45, 2.75) is 29.2 Å². The summed E-state index contributed by atoms with van der Waals surface area (Å²) in [6.45, 7) is 2.19. The predicted molar refractivity (Wildman–Crippen MR) is 140 cm³/mol. The number of ether oxygens (including phenoxy) is 1. The van der Waals surface area contributed by atoms with Crippen LogP contribution in [0.1, 0.15) is 18.7 Å². The molecule has 1 aliphatic rings. The molecule has 1 amide bonds. The molecule has 1 aromatic heterocycles. The molecule has 184 valence electrons. The van der Waals surface area contributed by atoms with Crippen molar-refractivity contribution in [3.63, 3.8) is 0 Å². The molecule has 0 atom stereocenters. The molecule has 0 aliphatic carbocycles. The molecular weight excluding hydrogens is 472 g/mol. The van der Waals surface area contributed by atoms with E-state index in [1.165, 1.54) is 0 Å². The van der Waals surface area contributed by atoms with Gasteiger partial charge < -0.3 is 14.6 Å². The Morgan fingerprint density at radius 2 is 1.75 bits per heavy atom. The Balaban J connectivity index is 1.14. The number of hydrogen-bond donors (Lipinski definition) is 1. The maximum Gasteiger partial charge on any atom is 0.241 e. The average Bonchev–Trinajstić information content (AvgIpc) is 3.39. The molecule has 1 aliphatic heterocycles. The number of nitrogens with zero attached hydrogens (tertiary/aromatic N) is 3. The number of carbonyl (C=O) groups is 1. The number of rotatable bonds is 8. The minimum Gasteiger partial charge on any atom is -0.497 e. The zero-order chi connectivity index (χ0) is 24.7. The standard InChI is InChI=1S/C28H28N4O3S/c1-34-22-13-11-20(12-14-22)27-30-26(35-31-27)19-32-17-15-21(16-18-32)28(33)29-24-9-5-6-10-25(24)36-23-7-3-2-4-8-23/h2-14,21H,15-19H2,1H3,(H,29,33). The van der Waals surface area contributed by atoms with Crippen molar-refractivity contribution < 1.29 is 14.1 Å². The molecule has 2 heterocycles. The first kappa shape index (κ1) is 24.1. The van der Waals surface area contributed by atoms with Crippen LogP contribution in [0.4, 0.5) is 5.69 Å². The molecule has 36 heavy (non-hydrogen) atoms. The monoisotopic (exact) mass is 500 g/mol. The van der Waals surface area contributed by atoms with Crippen molar-refractivity contribution in [2.75, 3.05) is 25.5 Å². The lowest BCUT2D eigenvalue weighted by Crippen LogP contribution is -2.37. The number of aromatic nitrogens is 2. The molecule has 1 fully saturated rings. The third kappa shape index (κ3) is 5.95. The number of methoxy groups -OCH3 is 1. The van der Waals surface area contributed by atoms with Crippen LogP contribution in [0.5, 0.6) is 5.75 Å². The van der Waals surface area contributed by atoms with Crippen molar-refractivity contribution in [1.82, 2.24) is 15.0 Å². The van der Waals surface area contributed by atoms with Gasteiger partial charge in [-0.05, 0) is 74.5 Å². The van der Waals surface area contributed by atoms with Gasteiger partial charge in [0.2, 0.25) is 17.6 Å². The van der Waals surface area contributed by atoms with Crippen LogP contribution in [-0.4, -0.2) is 41.1 Å². The molecule has 0 radical (unpaired) electrons. The topological polar surface area (TPSA) is 80.5 Å². The number of benzene rings is 3. The number of piperidine rings is 1. The second kappa shape index (κ2) is 11.4. The van der Waals surface area contributed by atoms with E-state index in [2.05, 4.69) is 32.5 Å². The van der Waals surface area contributed by atoms with Gasteiger partial charge in [0.15, 0.2) is 0 Å². The van der Waals surface area contributed by atoms with Crippen molar-refractivity contribution in [3.05, 3.63) is 84.8 Å². The number of hydrogen-bond acceptors (Lipinski definition) is 7. The van der Waals surface area contributed by atoms with Crippen LogP contribution in [0, 0.1) is 5.92 Å².